The fraction of sp³-hybridized carbons (Fsp3) is 0.556. The standard InChI is InChI=1S/C18H23NO4/c1-3-22-17(20)11(2)23-18(21)19-16-14-8-4-6-12(14)10-13-7-5-9-15(13)16/h10-11H,3-9H2,1-2H3,(H,19,21)/t11-/m0/s1. The van der Waals surface area contributed by atoms with Gasteiger partial charge in [0.1, 0.15) is 0 Å². The van der Waals surface area contributed by atoms with Gasteiger partial charge in [-0.15, -0.1) is 0 Å². The Hall–Kier alpha value is -2.04. The highest BCUT2D eigenvalue weighted by Crippen LogP contribution is 2.38. The van der Waals surface area contributed by atoms with E-state index in [1.807, 2.05) is 0 Å². The molecule has 1 atom stereocenters. The van der Waals surface area contributed by atoms with Crippen LogP contribution in [0.4, 0.5) is 10.5 Å². The van der Waals surface area contributed by atoms with E-state index in [2.05, 4.69) is 11.4 Å². The lowest BCUT2D eigenvalue weighted by Gasteiger charge is -2.17. The van der Waals surface area contributed by atoms with Crippen LogP contribution < -0.4 is 5.32 Å². The Bertz CT molecular complexity index is 606. The molecule has 1 aromatic rings. The number of hydrogen-bond donors (Lipinski definition) is 1. The zero-order chi connectivity index (χ0) is 16.4. The van der Waals surface area contributed by atoms with Crippen LogP contribution in [-0.4, -0.2) is 24.8 Å². The van der Waals surface area contributed by atoms with Crippen molar-refractivity contribution in [2.45, 2.75) is 58.5 Å². The minimum absolute atomic E-state index is 0.272. The third kappa shape index (κ3) is 3.19. The molecule has 2 aliphatic rings. The molecule has 5 nitrogen and oxygen atoms in total. The molecule has 2 aliphatic carbocycles. The van der Waals surface area contributed by atoms with Crippen LogP contribution in [0.1, 0.15) is 48.9 Å². The topological polar surface area (TPSA) is 64.6 Å². The van der Waals surface area contributed by atoms with Crippen LogP contribution >= 0.6 is 0 Å². The summed E-state index contributed by atoms with van der Waals surface area (Å²) >= 11 is 0. The smallest absolute Gasteiger partial charge is 0.412 e. The Morgan fingerprint density at radius 1 is 1.13 bits per heavy atom. The van der Waals surface area contributed by atoms with Crippen LogP contribution in [0.5, 0.6) is 0 Å². The molecule has 1 N–H and O–H groups in total. The lowest BCUT2D eigenvalue weighted by atomic mass is 9.99. The van der Waals surface area contributed by atoms with E-state index in [0.717, 1.165) is 44.2 Å². The van der Waals surface area contributed by atoms with E-state index in [1.165, 1.54) is 29.2 Å². The fourth-order valence-electron chi connectivity index (χ4n) is 3.57. The van der Waals surface area contributed by atoms with Crippen LogP contribution in [0.3, 0.4) is 0 Å². The molecule has 0 saturated heterocycles. The van der Waals surface area contributed by atoms with Gasteiger partial charge in [0, 0.05) is 0 Å². The van der Waals surface area contributed by atoms with Gasteiger partial charge >= 0.3 is 12.1 Å². The third-order valence-corrected chi connectivity index (χ3v) is 4.60. The van der Waals surface area contributed by atoms with E-state index in [1.54, 1.807) is 6.92 Å². The zero-order valence-corrected chi connectivity index (χ0v) is 13.7. The largest absolute Gasteiger partial charge is 0.463 e. The van der Waals surface area contributed by atoms with E-state index >= 15 is 0 Å². The maximum atomic E-state index is 12.2. The van der Waals surface area contributed by atoms with Gasteiger partial charge in [-0.1, -0.05) is 6.07 Å². The first-order chi connectivity index (χ1) is 11.1. The second-order valence-electron chi connectivity index (χ2n) is 6.16. The number of carbonyl (C=O) groups is 2. The lowest BCUT2D eigenvalue weighted by molar-refractivity contribution is -0.151. The van der Waals surface area contributed by atoms with Crippen LogP contribution in [0, 0.1) is 0 Å². The predicted molar refractivity (Wildman–Crippen MR) is 86.7 cm³/mol. The van der Waals surface area contributed by atoms with Gasteiger partial charge in [-0.2, -0.15) is 0 Å². The van der Waals surface area contributed by atoms with Crippen LogP contribution in [0.25, 0.3) is 0 Å². The summed E-state index contributed by atoms with van der Waals surface area (Å²) in [6.07, 6.45) is 4.90. The van der Waals surface area contributed by atoms with Gasteiger partial charge in [0.05, 0.1) is 12.3 Å². The maximum Gasteiger partial charge on any atom is 0.412 e. The normalized spacial score (nSPS) is 16.4. The molecule has 0 bridgehead atoms. The van der Waals surface area contributed by atoms with Crippen molar-refractivity contribution in [3.8, 4) is 0 Å². The Morgan fingerprint density at radius 3 is 2.30 bits per heavy atom. The molecule has 3 rings (SSSR count). The summed E-state index contributed by atoms with van der Waals surface area (Å²) in [6.45, 7) is 3.52. The summed E-state index contributed by atoms with van der Waals surface area (Å²) < 4.78 is 10.0. The van der Waals surface area contributed by atoms with Gasteiger partial charge < -0.3 is 9.47 Å². The average molecular weight is 317 g/mol. The van der Waals surface area contributed by atoms with E-state index in [0.29, 0.717) is 0 Å². The quantitative estimate of drug-likeness (QED) is 0.866. The number of anilines is 1. The molecule has 23 heavy (non-hydrogen) atoms. The maximum absolute atomic E-state index is 12.2. The SMILES string of the molecule is CCOC(=O)[C@H](C)OC(=O)Nc1c2c(cc3c1CCC3)CCC2. The van der Waals surface area contributed by atoms with Gasteiger partial charge in [0.2, 0.25) is 0 Å². The van der Waals surface area contributed by atoms with Crippen molar-refractivity contribution >= 4 is 17.7 Å². The molecule has 124 valence electrons. The number of rotatable bonds is 4. The molecule has 5 heteroatoms. The molecule has 0 aliphatic heterocycles. The zero-order valence-electron chi connectivity index (χ0n) is 13.7. The average Bonchev–Trinajstić information content (AvgIpc) is 3.15. The summed E-state index contributed by atoms with van der Waals surface area (Å²) in [5.41, 5.74) is 6.10. The highest BCUT2D eigenvalue weighted by atomic mass is 16.6. The Morgan fingerprint density at radius 2 is 1.74 bits per heavy atom. The van der Waals surface area contributed by atoms with Crippen molar-refractivity contribution in [2.24, 2.45) is 0 Å². The number of aryl methyl sites for hydroxylation is 2. The monoisotopic (exact) mass is 317 g/mol. The molecule has 0 heterocycles. The summed E-state index contributed by atoms with van der Waals surface area (Å²) in [5, 5.41) is 2.90. The molecule has 1 aromatic carbocycles. The number of benzene rings is 1. The van der Waals surface area contributed by atoms with Gasteiger partial charge in [-0.05, 0) is 74.6 Å². The van der Waals surface area contributed by atoms with Crippen molar-refractivity contribution in [1.29, 1.82) is 0 Å². The first-order valence-electron chi connectivity index (χ1n) is 8.41. The lowest BCUT2D eigenvalue weighted by Crippen LogP contribution is -2.29. The first-order valence-corrected chi connectivity index (χ1v) is 8.41. The van der Waals surface area contributed by atoms with Gasteiger partial charge in [-0.3, -0.25) is 5.32 Å². The molecular weight excluding hydrogens is 294 g/mol. The number of nitrogens with one attached hydrogen (secondary N) is 1. The highest BCUT2D eigenvalue weighted by Gasteiger charge is 2.26. The molecular formula is C18H23NO4. The molecule has 0 unspecified atom stereocenters. The van der Waals surface area contributed by atoms with E-state index in [-0.39, 0.29) is 6.61 Å². The minimum Gasteiger partial charge on any atom is -0.463 e. The number of amides is 1. The summed E-state index contributed by atoms with van der Waals surface area (Å²) in [5.74, 6) is -0.522. The molecule has 0 fully saturated rings. The molecule has 0 radical (unpaired) electrons. The van der Waals surface area contributed by atoms with E-state index in [9.17, 15) is 9.59 Å². The van der Waals surface area contributed by atoms with Crippen molar-refractivity contribution in [1.82, 2.24) is 0 Å². The first kappa shape index (κ1) is 15.8. The Kier molecular flexibility index (Phi) is 4.55. The highest BCUT2D eigenvalue weighted by molar-refractivity contribution is 5.90. The van der Waals surface area contributed by atoms with Crippen molar-refractivity contribution in [3.63, 3.8) is 0 Å². The van der Waals surface area contributed by atoms with Crippen LogP contribution in [0.15, 0.2) is 6.07 Å². The molecule has 1 amide bonds. The van der Waals surface area contributed by atoms with E-state index in [4.69, 9.17) is 9.47 Å². The third-order valence-electron chi connectivity index (χ3n) is 4.60. The van der Waals surface area contributed by atoms with Gasteiger partial charge in [-0.25, -0.2) is 9.59 Å². The predicted octanol–water partition coefficient (Wildman–Crippen LogP) is 3.16. The van der Waals surface area contributed by atoms with Crippen LogP contribution in [-0.2, 0) is 40.0 Å². The second-order valence-corrected chi connectivity index (χ2v) is 6.16. The molecule has 0 spiro atoms. The van der Waals surface area contributed by atoms with Crippen molar-refractivity contribution in [3.05, 3.63) is 28.3 Å². The second kappa shape index (κ2) is 6.60. The van der Waals surface area contributed by atoms with Gasteiger partial charge in [0.25, 0.3) is 0 Å². The molecule has 0 saturated carbocycles. The number of hydrogen-bond acceptors (Lipinski definition) is 4. The van der Waals surface area contributed by atoms with E-state index < -0.39 is 18.2 Å². The van der Waals surface area contributed by atoms with Crippen molar-refractivity contribution in [2.75, 3.05) is 11.9 Å². The number of fused-ring (bicyclic) bond motifs is 2. The summed E-state index contributed by atoms with van der Waals surface area (Å²) in [7, 11) is 0. The summed E-state index contributed by atoms with van der Waals surface area (Å²) in [6, 6.07) is 2.31. The Labute approximate surface area is 136 Å². The Balaban J connectivity index is 1.76. The molecule has 0 aromatic heterocycles. The van der Waals surface area contributed by atoms with Gasteiger partial charge in [0.15, 0.2) is 6.10 Å². The summed E-state index contributed by atoms with van der Waals surface area (Å²) in [4.78, 5) is 23.8. The van der Waals surface area contributed by atoms with Crippen LogP contribution in [0.2, 0.25) is 0 Å². The minimum atomic E-state index is -0.903. The number of ether oxygens (including phenoxy) is 2. The fourth-order valence-corrected chi connectivity index (χ4v) is 3.57. The number of carbonyl (C=O) groups excluding carboxylic acids is 2. The number of esters is 1. The van der Waals surface area contributed by atoms with Crippen molar-refractivity contribution < 1.29 is 19.1 Å².